The predicted octanol–water partition coefficient (Wildman–Crippen LogP) is 1.34. The molecule has 3 nitrogen and oxygen atoms in total. The summed E-state index contributed by atoms with van der Waals surface area (Å²) in [5.41, 5.74) is 0. The van der Waals surface area contributed by atoms with Crippen molar-refractivity contribution in [1.82, 2.24) is 5.32 Å². The van der Waals surface area contributed by atoms with Gasteiger partial charge in [0.25, 0.3) is 0 Å². The highest BCUT2D eigenvalue weighted by molar-refractivity contribution is 5.69. The molecule has 0 aliphatic heterocycles. The summed E-state index contributed by atoms with van der Waals surface area (Å²) in [6, 6.07) is 0.665. The lowest BCUT2D eigenvalue weighted by Gasteiger charge is -2.12. The Hall–Kier alpha value is -0.570. The number of aliphatic carboxylic acids is 1. The number of hydrogen-bond donors (Lipinski definition) is 2. The number of fused-ring (bicyclic) bond motifs is 5. The van der Waals surface area contributed by atoms with Crippen LogP contribution in [0.5, 0.6) is 0 Å². The van der Waals surface area contributed by atoms with Gasteiger partial charge in [0, 0.05) is 12.6 Å². The highest BCUT2D eigenvalue weighted by Crippen LogP contribution is 2.65. The Bertz CT molecular complexity index is 275. The van der Waals surface area contributed by atoms with E-state index in [2.05, 4.69) is 5.32 Å². The minimum atomic E-state index is -0.684. The third-order valence-corrected chi connectivity index (χ3v) is 4.82. The van der Waals surface area contributed by atoms with Gasteiger partial charge in [-0.3, -0.25) is 4.79 Å². The first kappa shape index (κ1) is 9.64. The van der Waals surface area contributed by atoms with Gasteiger partial charge in [-0.05, 0) is 42.9 Å². The minimum Gasteiger partial charge on any atom is -0.481 e. The lowest BCUT2D eigenvalue weighted by molar-refractivity contribution is -0.140. The molecule has 3 fully saturated rings. The van der Waals surface area contributed by atoms with Crippen molar-refractivity contribution in [3.8, 4) is 0 Å². The maximum atomic E-state index is 10.7. The summed E-state index contributed by atoms with van der Waals surface area (Å²) in [5, 5.41) is 12.3. The molecule has 0 heterocycles. The molecular formula is C12H19NO2. The Kier molecular flexibility index (Phi) is 2.06. The molecular weight excluding hydrogens is 190 g/mol. The second-order valence-corrected chi connectivity index (χ2v) is 5.66. The van der Waals surface area contributed by atoms with Crippen LogP contribution in [0.4, 0.5) is 0 Å². The molecule has 2 bridgehead atoms. The van der Waals surface area contributed by atoms with Crippen LogP contribution in [0.1, 0.15) is 26.2 Å². The second kappa shape index (κ2) is 3.21. The van der Waals surface area contributed by atoms with Crippen molar-refractivity contribution in [1.29, 1.82) is 0 Å². The Morgan fingerprint density at radius 3 is 2.53 bits per heavy atom. The van der Waals surface area contributed by atoms with E-state index in [0.29, 0.717) is 12.6 Å². The lowest BCUT2D eigenvalue weighted by Crippen LogP contribution is -2.30. The Morgan fingerprint density at radius 2 is 2.00 bits per heavy atom. The largest absolute Gasteiger partial charge is 0.481 e. The monoisotopic (exact) mass is 209 g/mol. The van der Waals surface area contributed by atoms with E-state index < -0.39 is 5.97 Å². The summed E-state index contributed by atoms with van der Waals surface area (Å²) in [5.74, 6) is 2.82. The maximum Gasteiger partial charge on any atom is 0.307 e. The quantitative estimate of drug-likeness (QED) is 0.734. The van der Waals surface area contributed by atoms with Crippen LogP contribution in [0, 0.1) is 29.6 Å². The Morgan fingerprint density at radius 1 is 1.40 bits per heavy atom. The topological polar surface area (TPSA) is 49.3 Å². The summed E-state index contributed by atoms with van der Waals surface area (Å²) < 4.78 is 0. The molecule has 3 aliphatic rings. The van der Waals surface area contributed by atoms with E-state index in [1.54, 1.807) is 6.92 Å². The summed E-state index contributed by atoms with van der Waals surface area (Å²) in [7, 11) is 0. The molecule has 0 spiro atoms. The summed E-state index contributed by atoms with van der Waals surface area (Å²) in [4.78, 5) is 10.7. The molecule has 3 aliphatic carbocycles. The lowest BCUT2D eigenvalue weighted by atomic mass is 10.0. The molecule has 5 unspecified atom stereocenters. The molecule has 5 atom stereocenters. The van der Waals surface area contributed by atoms with Gasteiger partial charge in [-0.15, -0.1) is 0 Å². The third-order valence-electron chi connectivity index (χ3n) is 4.82. The van der Waals surface area contributed by atoms with Crippen molar-refractivity contribution < 1.29 is 9.90 Å². The van der Waals surface area contributed by atoms with Crippen molar-refractivity contribution in [2.75, 3.05) is 6.54 Å². The van der Waals surface area contributed by atoms with E-state index in [1.165, 1.54) is 19.3 Å². The first-order valence-corrected chi connectivity index (χ1v) is 6.14. The molecule has 0 aromatic carbocycles. The van der Waals surface area contributed by atoms with Gasteiger partial charge in [0.05, 0.1) is 5.92 Å². The van der Waals surface area contributed by atoms with Crippen LogP contribution in [-0.2, 0) is 4.79 Å². The molecule has 3 heteroatoms. The van der Waals surface area contributed by atoms with Gasteiger partial charge in [-0.2, -0.15) is 0 Å². The van der Waals surface area contributed by atoms with Crippen LogP contribution < -0.4 is 5.32 Å². The van der Waals surface area contributed by atoms with Gasteiger partial charge in [0.1, 0.15) is 0 Å². The van der Waals surface area contributed by atoms with E-state index in [0.717, 1.165) is 23.7 Å². The highest BCUT2D eigenvalue weighted by Gasteiger charge is 2.64. The zero-order valence-corrected chi connectivity index (χ0v) is 9.15. The Balaban J connectivity index is 1.50. The highest BCUT2D eigenvalue weighted by atomic mass is 16.4. The van der Waals surface area contributed by atoms with Gasteiger partial charge in [0.2, 0.25) is 0 Å². The SMILES string of the molecule is CC(CNC1C2C3CCC(C3)C12)C(=O)O. The molecule has 3 saturated carbocycles. The number of nitrogens with one attached hydrogen (secondary N) is 1. The molecule has 2 N–H and O–H groups in total. The second-order valence-electron chi connectivity index (χ2n) is 5.66. The first-order chi connectivity index (χ1) is 7.18. The van der Waals surface area contributed by atoms with Gasteiger partial charge in [-0.1, -0.05) is 6.92 Å². The normalized spacial score (nSPS) is 47.7. The van der Waals surface area contributed by atoms with Crippen molar-refractivity contribution in [2.24, 2.45) is 29.6 Å². The summed E-state index contributed by atoms with van der Waals surface area (Å²) in [6.07, 6.45) is 4.32. The predicted molar refractivity (Wildman–Crippen MR) is 56.4 cm³/mol. The number of carboxylic acid groups (broad SMARTS) is 1. The molecule has 0 radical (unpaired) electrons. The summed E-state index contributed by atoms with van der Waals surface area (Å²) >= 11 is 0. The van der Waals surface area contributed by atoms with Crippen LogP contribution >= 0.6 is 0 Å². The zero-order valence-electron chi connectivity index (χ0n) is 9.15. The number of carbonyl (C=O) groups is 1. The number of hydrogen-bond acceptors (Lipinski definition) is 2. The van der Waals surface area contributed by atoms with Crippen LogP contribution in [0.25, 0.3) is 0 Å². The van der Waals surface area contributed by atoms with Crippen molar-refractivity contribution in [3.63, 3.8) is 0 Å². The number of carboxylic acids is 1. The van der Waals surface area contributed by atoms with Crippen LogP contribution in [0.3, 0.4) is 0 Å². The van der Waals surface area contributed by atoms with Gasteiger partial charge < -0.3 is 10.4 Å². The smallest absolute Gasteiger partial charge is 0.307 e. The Labute approximate surface area is 90.2 Å². The fourth-order valence-corrected chi connectivity index (χ4v) is 4.00. The van der Waals surface area contributed by atoms with Gasteiger partial charge >= 0.3 is 5.97 Å². The average molecular weight is 209 g/mol. The van der Waals surface area contributed by atoms with Crippen molar-refractivity contribution in [3.05, 3.63) is 0 Å². The molecule has 3 rings (SSSR count). The summed E-state index contributed by atoms with van der Waals surface area (Å²) in [6.45, 7) is 2.43. The van der Waals surface area contributed by atoms with Crippen molar-refractivity contribution in [2.45, 2.75) is 32.2 Å². The average Bonchev–Trinajstić information content (AvgIpc) is 2.61. The zero-order chi connectivity index (χ0) is 10.6. The molecule has 0 saturated heterocycles. The standard InChI is InChI=1S/C12H19NO2/c1-6(12(14)15)5-13-11-9-7-2-3-8(4-7)10(9)11/h6-11,13H,2-5H2,1H3,(H,14,15). The molecule has 0 aromatic rings. The molecule has 15 heavy (non-hydrogen) atoms. The van der Waals surface area contributed by atoms with Crippen molar-refractivity contribution >= 4 is 5.97 Å². The van der Waals surface area contributed by atoms with Crippen LogP contribution in [0.15, 0.2) is 0 Å². The van der Waals surface area contributed by atoms with Crippen LogP contribution in [0.2, 0.25) is 0 Å². The van der Waals surface area contributed by atoms with Gasteiger partial charge in [0.15, 0.2) is 0 Å². The van der Waals surface area contributed by atoms with E-state index in [-0.39, 0.29) is 5.92 Å². The maximum absolute atomic E-state index is 10.7. The van der Waals surface area contributed by atoms with Gasteiger partial charge in [-0.25, -0.2) is 0 Å². The molecule has 0 amide bonds. The third kappa shape index (κ3) is 1.40. The first-order valence-electron chi connectivity index (χ1n) is 6.14. The fourth-order valence-electron chi connectivity index (χ4n) is 4.00. The van der Waals surface area contributed by atoms with E-state index in [1.807, 2.05) is 0 Å². The van der Waals surface area contributed by atoms with Crippen LogP contribution in [-0.4, -0.2) is 23.7 Å². The van der Waals surface area contributed by atoms with E-state index in [4.69, 9.17) is 5.11 Å². The fraction of sp³-hybridized carbons (Fsp3) is 0.917. The minimum absolute atomic E-state index is 0.246. The number of rotatable bonds is 4. The van der Waals surface area contributed by atoms with E-state index >= 15 is 0 Å². The van der Waals surface area contributed by atoms with E-state index in [9.17, 15) is 4.79 Å². The molecule has 84 valence electrons. The molecule has 0 aromatic heterocycles.